The van der Waals surface area contributed by atoms with Crippen molar-refractivity contribution in [2.24, 2.45) is 0 Å². The summed E-state index contributed by atoms with van der Waals surface area (Å²) in [6.07, 6.45) is 4.45. The Hall–Kier alpha value is -0.610. The monoisotopic (exact) mass is 255 g/mol. The molecule has 1 fully saturated rings. The fourth-order valence-electron chi connectivity index (χ4n) is 1.31. The number of aromatic nitrogens is 1. The summed E-state index contributed by atoms with van der Waals surface area (Å²) in [4.78, 5) is 4.38. The maximum absolute atomic E-state index is 4.38. The normalized spacial score (nSPS) is 15.6. The standard InChI is InChI=1S/C10H14BrN3/c1-12-5-7-4-9(11)10(13-6-7)14-8-2-3-8/h4,6,8,12H,2-3,5H2,1H3,(H,13,14). The van der Waals surface area contributed by atoms with Crippen LogP contribution in [0.4, 0.5) is 5.82 Å². The number of rotatable bonds is 4. The summed E-state index contributed by atoms with van der Waals surface area (Å²) in [5.41, 5.74) is 1.20. The highest BCUT2D eigenvalue weighted by Gasteiger charge is 2.22. The summed E-state index contributed by atoms with van der Waals surface area (Å²) in [5.74, 6) is 0.965. The van der Waals surface area contributed by atoms with E-state index in [9.17, 15) is 0 Å². The van der Waals surface area contributed by atoms with Gasteiger partial charge in [-0.05, 0) is 47.4 Å². The fraction of sp³-hybridized carbons (Fsp3) is 0.500. The van der Waals surface area contributed by atoms with E-state index >= 15 is 0 Å². The summed E-state index contributed by atoms with van der Waals surface area (Å²) < 4.78 is 1.05. The predicted molar refractivity (Wildman–Crippen MR) is 61.3 cm³/mol. The maximum atomic E-state index is 4.38. The molecule has 1 aliphatic carbocycles. The zero-order valence-electron chi connectivity index (χ0n) is 8.18. The Balaban J connectivity index is 2.09. The topological polar surface area (TPSA) is 37.0 Å². The zero-order valence-corrected chi connectivity index (χ0v) is 9.76. The van der Waals surface area contributed by atoms with Crippen molar-refractivity contribution >= 4 is 21.7 Å². The molecule has 0 radical (unpaired) electrons. The van der Waals surface area contributed by atoms with Crippen LogP contribution < -0.4 is 10.6 Å². The lowest BCUT2D eigenvalue weighted by atomic mass is 10.3. The van der Waals surface area contributed by atoms with E-state index < -0.39 is 0 Å². The van der Waals surface area contributed by atoms with Crippen LogP contribution >= 0.6 is 15.9 Å². The minimum absolute atomic E-state index is 0.647. The molecular weight excluding hydrogens is 242 g/mol. The van der Waals surface area contributed by atoms with Crippen molar-refractivity contribution < 1.29 is 0 Å². The first-order valence-electron chi connectivity index (χ1n) is 4.85. The number of hydrogen-bond donors (Lipinski definition) is 2. The molecular formula is C10H14BrN3. The Morgan fingerprint density at radius 3 is 2.93 bits per heavy atom. The van der Waals surface area contributed by atoms with E-state index in [1.165, 1.54) is 18.4 Å². The minimum Gasteiger partial charge on any atom is -0.366 e. The molecule has 2 N–H and O–H groups in total. The van der Waals surface area contributed by atoms with Gasteiger partial charge in [0.15, 0.2) is 0 Å². The Kier molecular flexibility index (Phi) is 3.03. The SMILES string of the molecule is CNCc1cnc(NC2CC2)c(Br)c1. The van der Waals surface area contributed by atoms with Crippen LogP contribution in [0.15, 0.2) is 16.7 Å². The van der Waals surface area contributed by atoms with Gasteiger partial charge in [-0.2, -0.15) is 0 Å². The van der Waals surface area contributed by atoms with E-state index in [1.54, 1.807) is 0 Å². The van der Waals surface area contributed by atoms with Crippen LogP contribution in [-0.4, -0.2) is 18.1 Å². The van der Waals surface area contributed by atoms with Gasteiger partial charge in [0.2, 0.25) is 0 Å². The molecule has 0 spiro atoms. The average Bonchev–Trinajstić information content (AvgIpc) is 2.94. The molecule has 0 unspecified atom stereocenters. The average molecular weight is 256 g/mol. The van der Waals surface area contributed by atoms with Gasteiger partial charge in [-0.1, -0.05) is 0 Å². The second-order valence-electron chi connectivity index (χ2n) is 3.62. The van der Waals surface area contributed by atoms with Crippen LogP contribution in [0, 0.1) is 0 Å². The molecule has 14 heavy (non-hydrogen) atoms. The summed E-state index contributed by atoms with van der Waals surface area (Å²) in [6, 6.07) is 2.75. The maximum Gasteiger partial charge on any atom is 0.140 e. The Labute approximate surface area is 92.4 Å². The molecule has 3 nitrogen and oxygen atoms in total. The third-order valence-corrected chi connectivity index (χ3v) is 2.80. The highest BCUT2D eigenvalue weighted by molar-refractivity contribution is 9.10. The third kappa shape index (κ3) is 2.45. The van der Waals surface area contributed by atoms with E-state index in [4.69, 9.17) is 0 Å². The molecule has 1 aromatic rings. The van der Waals surface area contributed by atoms with Crippen LogP contribution in [0.2, 0.25) is 0 Å². The number of pyridine rings is 1. The summed E-state index contributed by atoms with van der Waals surface area (Å²) in [7, 11) is 1.93. The van der Waals surface area contributed by atoms with Gasteiger partial charge in [-0.3, -0.25) is 0 Å². The summed E-state index contributed by atoms with van der Waals surface area (Å²) in [5, 5.41) is 6.48. The molecule has 0 bridgehead atoms. The smallest absolute Gasteiger partial charge is 0.140 e. The van der Waals surface area contributed by atoms with Crippen molar-refractivity contribution in [2.45, 2.75) is 25.4 Å². The Bertz CT molecular complexity index is 323. The van der Waals surface area contributed by atoms with Crippen molar-refractivity contribution in [1.82, 2.24) is 10.3 Å². The number of hydrogen-bond acceptors (Lipinski definition) is 3. The van der Waals surface area contributed by atoms with Crippen LogP contribution in [0.5, 0.6) is 0 Å². The summed E-state index contributed by atoms with van der Waals surface area (Å²) in [6.45, 7) is 0.856. The Morgan fingerprint density at radius 2 is 2.36 bits per heavy atom. The summed E-state index contributed by atoms with van der Waals surface area (Å²) >= 11 is 3.52. The van der Waals surface area contributed by atoms with Gasteiger partial charge in [-0.15, -0.1) is 0 Å². The van der Waals surface area contributed by atoms with E-state index in [1.807, 2.05) is 13.2 Å². The number of nitrogens with one attached hydrogen (secondary N) is 2. The van der Waals surface area contributed by atoms with E-state index in [2.05, 4.69) is 37.6 Å². The predicted octanol–water partition coefficient (Wildman–Crippen LogP) is 2.14. The first-order chi connectivity index (χ1) is 6.79. The van der Waals surface area contributed by atoms with E-state index in [-0.39, 0.29) is 0 Å². The molecule has 1 heterocycles. The molecule has 0 amide bonds. The molecule has 76 valence electrons. The lowest BCUT2D eigenvalue weighted by Crippen LogP contribution is -2.08. The fourth-order valence-corrected chi connectivity index (χ4v) is 1.82. The lowest BCUT2D eigenvalue weighted by Gasteiger charge is -2.07. The molecule has 0 saturated heterocycles. The number of anilines is 1. The van der Waals surface area contributed by atoms with Gasteiger partial charge in [-0.25, -0.2) is 4.98 Å². The molecule has 0 atom stereocenters. The van der Waals surface area contributed by atoms with E-state index in [0.717, 1.165) is 16.8 Å². The van der Waals surface area contributed by atoms with Crippen molar-refractivity contribution in [3.05, 3.63) is 22.3 Å². The second kappa shape index (κ2) is 4.28. The largest absolute Gasteiger partial charge is 0.366 e. The molecule has 0 aromatic carbocycles. The number of nitrogens with zero attached hydrogens (tertiary/aromatic N) is 1. The van der Waals surface area contributed by atoms with Crippen LogP contribution in [0.1, 0.15) is 18.4 Å². The van der Waals surface area contributed by atoms with Gasteiger partial charge in [0.25, 0.3) is 0 Å². The van der Waals surface area contributed by atoms with Crippen LogP contribution in [-0.2, 0) is 6.54 Å². The quantitative estimate of drug-likeness (QED) is 0.866. The first-order valence-corrected chi connectivity index (χ1v) is 5.64. The first kappa shape index (κ1) is 9.93. The molecule has 4 heteroatoms. The van der Waals surface area contributed by atoms with Crippen molar-refractivity contribution in [1.29, 1.82) is 0 Å². The molecule has 2 rings (SSSR count). The van der Waals surface area contributed by atoms with Gasteiger partial charge in [0.05, 0.1) is 4.47 Å². The van der Waals surface area contributed by atoms with Crippen LogP contribution in [0.3, 0.4) is 0 Å². The highest BCUT2D eigenvalue weighted by Crippen LogP contribution is 2.28. The molecule has 1 aromatic heterocycles. The highest BCUT2D eigenvalue weighted by atomic mass is 79.9. The van der Waals surface area contributed by atoms with Crippen LogP contribution in [0.25, 0.3) is 0 Å². The third-order valence-electron chi connectivity index (χ3n) is 2.20. The zero-order chi connectivity index (χ0) is 9.97. The molecule has 0 aliphatic heterocycles. The van der Waals surface area contributed by atoms with Gasteiger partial charge in [0.1, 0.15) is 5.82 Å². The second-order valence-corrected chi connectivity index (χ2v) is 4.48. The minimum atomic E-state index is 0.647. The van der Waals surface area contributed by atoms with Gasteiger partial charge in [0, 0.05) is 18.8 Å². The van der Waals surface area contributed by atoms with E-state index in [0.29, 0.717) is 6.04 Å². The molecule has 1 aliphatic rings. The lowest BCUT2D eigenvalue weighted by molar-refractivity contribution is 0.812. The van der Waals surface area contributed by atoms with Crippen molar-refractivity contribution in [2.75, 3.05) is 12.4 Å². The van der Waals surface area contributed by atoms with Gasteiger partial charge >= 0.3 is 0 Å². The van der Waals surface area contributed by atoms with Crippen molar-refractivity contribution in [3.8, 4) is 0 Å². The Morgan fingerprint density at radius 1 is 1.57 bits per heavy atom. The van der Waals surface area contributed by atoms with Gasteiger partial charge < -0.3 is 10.6 Å². The number of halogens is 1. The van der Waals surface area contributed by atoms with Crippen molar-refractivity contribution in [3.63, 3.8) is 0 Å². The molecule has 1 saturated carbocycles.